The van der Waals surface area contributed by atoms with Crippen LogP contribution in [0.3, 0.4) is 0 Å². The molecule has 1 fully saturated rings. The zero-order chi connectivity index (χ0) is 11.9. The van der Waals surface area contributed by atoms with E-state index in [1.165, 1.54) is 0 Å². The van der Waals surface area contributed by atoms with E-state index in [1.807, 2.05) is 0 Å². The minimum atomic E-state index is -4.98. The van der Waals surface area contributed by atoms with Crippen LogP contribution in [0.2, 0.25) is 0 Å². The van der Waals surface area contributed by atoms with Gasteiger partial charge in [0.25, 0.3) is 0 Å². The number of nitrogens with zero attached hydrogens (tertiary/aromatic N) is 1. The monoisotopic (exact) mass is 225 g/mol. The second-order valence-corrected chi connectivity index (χ2v) is 3.62. The number of aliphatic carboxylic acids is 1. The number of hydrogen-bond acceptors (Lipinski definition) is 2. The molecule has 1 amide bonds. The molecule has 0 bridgehead atoms. The van der Waals surface area contributed by atoms with Gasteiger partial charge in [0.05, 0.1) is 0 Å². The van der Waals surface area contributed by atoms with Crippen LogP contribution in [0, 0.1) is 0 Å². The fourth-order valence-corrected chi connectivity index (χ4v) is 1.29. The highest BCUT2D eigenvalue weighted by Gasteiger charge is 2.63. The van der Waals surface area contributed by atoms with Crippen LogP contribution in [-0.4, -0.2) is 40.1 Å². The second kappa shape index (κ2) is 3.39. The molecule has 1 aliphatic carbocycles. The van der Waals surface area contributed by atoms with E-state index in [4.69, 9.17) is 5.11 Å². The van der Waals surface area contributed by atoms with Gasteiger partial charge >= 0.3 is 12.1 Å². The lowest BCUT2D eigenvalue weighted by atomic mass is 9.99. The number of halogens is 3. The van der Waals surface area contributed by atoms with Crippen LogP contribution in [0.5, 0.6) is 0 Å². The summed E-state index contributed by atoms with van der Waals surface area (Å²) in [4.78, 5) is 21.6. The number of rotatable bonds is 4. The van der Waals surface area contributed by atoms with E-state index in [1.54, 1.807) is 0 Å². The molecule has 1 atom stereocenters. The van der Waals surface area contributed by atoms with Crippen molar-refractivity contribution < 1.29 is 27.9 Å². The molecule has 7 heteroatoms. The lowest BCUT2D eigenvalue weighted by molar-refractivity contribution is -0.231. The minimum absolute atomic E-state index is 0.0424. The molecule has 0 aromatic heterocycles. The van der Waals surface area contributed by atoms with E-state index in [-0.39, 0.29) is 6.41 Å². The van der Waals surface area contributed by atoms with Crippen molar-refractivity contribution in [2.24, 2.45) is 0 Å². The van der Waals surface area contributed by atoms with Crippen LogP contribution in [0.1, 0.15) is 19.8 Å². The third-order valence-corrected chi connectivity index (χ3v) is 2.54. The van der Waals surface area contributed by atoms with E-state index in [0.29, 0.717) is 24.7 Å². The van der Waals surface area contributed by atoms with E-state index in [0.717, 1.165) is 0 Å². The van der Waals surface area contributed by atoms with Crippen molar-refractivity contribution in [1.29, 1.82) is 0 Å². The molecule has 0 radical (unpaired) electrons. The number of carboxylic acids is 1. The number of hydrogen-bond donors (Lipinski definition) is 1. The standard InChI is InChI=1S/C8H10F3NO3/c1-7(6(14)15,8(9,10)11)12(4-13)5-2-3-5/h4-5H,2-3H2,1H3,(H,14,15). The van der Waals surface area contributed by atoms with E-state index >= 15 is 0 Å². The Kier molecular flexibility index (Phi) is 2.67. The first-order chi connectivity index (χ1) is 6.75. The molecule has 1 rings (SSSR count). The maximum absolute atomic E-state index is 12.6. The predicted molar refractivity (Wildman–Crippen MR) is 43.0 cm³/mol. The Morgan fingerprint density at radius 3 is 2.13 bits per heavy atom. The summed E-state index contributed by atoms with van der Waals surface area (Å²) in [5.41, 5.74) is -3.13. The molecule has 1 saturated carbocycles. The molecule has 0 aromatic carbocycles. The third-order valence-electron chi connectivity index (χ3n) is 2.54. The van der Waals surface area contributed by atoms with Crippen LogP contribution < -0.4 is 0 Å². The van der Waals surface area contributed by atoms with Crippen LogP contribution in [0.25, 0.3) is 0 Å². The number of carbonyl (C=O) groups excluding carboxylic acids is 1. The topological polar surface area (TPSA) is 57.6 Å². The smallest absolute Gasteiger partial charge is 0.422 e. The summed E-state index contributed by atoms with van der Waals surface area (Å²) in [6.45, 7) is 0.502. The zero-order valence-electron chi connectivity index (χ0n) is 7.91. The van der Waals surface area contributed by atoms with E-state index < -0.39 is 23.7 Å². The first kappa shape index (κ1) is 11.8. The average Bonchev–Trinajstić information content (AvgIpc) is 2.86. The van der Waals surface area contributed by atoms with Gasteiger partial charge in [0.15, 0.2) is 0 Å². The summed E-state index contributed by atoms with van der Waals surface area (Å²) in [6, 6.07) is -0.606. The molecule has 15 heavy (non-hydrogen) atoms. The van der Waals surface area contributed by atoms with Crippen molar-refractivity contribution in [3.63, 3.8) is 0 Å². The minimum Gasteiger partial charge on any atom is -0.479 e. The summed E-state index contributed by atoms with van der Waals surface area (Å²) >= 11 is 0. The fraction of sp³-hybridized carbons (Fsp3) is 0.750. The van der Waals surface area contributed by atoms with Crippen molar-refractivity contribution >= 4 is 12.4 Å². The van der Waals surface area contributed by atoms with Gasteiger partial charge < -0.3 is 10.0 Å². The number of carboxylic acid groups (broad SMARTS) is 1. The maximum atomic E-state index is 12.6. The largest absolute Gasteiger partial charge is 0.479 e. The van der Waals surface area contributed by atoms with Crippen LogP contribution in [-0.2, 0) is 9.59 Å². The van der Waals surface area contributed by atoms with Gasteiger partial charge in [0, 0.05) is 6.04 Å². The van der Waals surface area contributed by atoms with E-state index in [9.17, 15) is 22.8 Å². The SMILES string of the molecule is CC(C(=O)O)(N(C=O)C1CC1)C(F)(F)F. The molecule has 0 aromatic rings. The predicted octanol–water partition coefficient (Wildman–Crippen LogP) is 1.01. The number of carbonyl (C=O) groups is 2. The van der Waals surface area contributed by atoms with Crippen LogP contribution >= 0.6 is 0 Å². The summed E-state index contributed by atoms with van der Waals surface area (Å²) in [7, 11) is 0. The van der Waals surface area contributed by atoms with Gasteiger partial charge in [0.1, 0.15) is 0 Å². The Morgan fingerprint density at radius 2 is 1.93 bits per heavy atom. The van der Waals surface area contributed by atoms with Crippen molar-refractivity contribution in [3.8, 4) is 0 Å². The molecule has 0 heterocycles. The Morgan fingerprint density at radius 1 is 1.47 bits per heavy atom. The van der Waals surface area contributed by atoms with Crippen molar-refractivity contribution in [2.75, 3.05) is 0 Å². The molecule has 0 aliphatic heterocycles. The van der Waals surface area contributed by atoms with Crippen LogP contribution in [0.15, 0.2) is 0 Å². The summed E-state index contributed by atoms with van der Waals surface area (Å²) in [5.74, 6) is -2.06. The number of amides is 1. The average molecular weight is 225 g/mol. The lowest BCUT2D eigenvalue weighted by Crippen LogP contribution is -2.62. The molecule has 1 N–H and O–H groups in total. The third kappa shape index (κ3) is 1.78. The Hall–Kier alpha value is -1.27. The van der Waals surface area contributed by atoms with Crippen molar-refractivity contribution in [1.82, 2.24) is 4.90 Å². The molecular formula is C8H10F3NO3. The molecule has 4 nitrogen and oxygen atoms in total. The molecule has 0 spiro atoms. The summed E-state index contributed by atoms with van der Waals surface area (Å²) < 4.78 is 37.8. The molecule has 86 valence electrons. The highest BCUT2D eigenvalue weighted by atomic mass is 19.4. The Labute approximate surface area is 83.7 Å². The van der Waals surface area contributed by atoms with Gasteiger partial charge in [-0.25, -0.2) is 4.79 Å². The highest BCUT2D eigenvalue weighted by Crippen LogP contribution is 2.40. The van der Waals surface area contributed by atoms with Crippen molar-refractivity contribution in [2.45, 2.75) is 37.5 Å². The van der Waals surface area contributed by atoms with Gasteiger partial charge in [-0.15, -0.1) is 0 Å². The highest BCUT2D eigenvalue weighted by molar-refractivity contribution is 5.82. The summed E-state index contributed by atoms with van der Waals surface area (Å²) in [5, 5.41) is 8.63. The normalized spacial score (nSPS) is 20.5. The summed E-state index contributed by atoms with van der Waals surface area (Å²) in [6.07, 6.45) is -4.20. The zero-order valence-corrected chi connectivity index (χ0v) is 7.91. The molecular weight excluding hydrogens is 215 g/mol. The molecule has 1 unspecified atom stereocenters. The van der Waals surface area contributed by atoms with E-state index in [2.05, 4.69) is 0 Å². The quantitative estimate of drug-likeness (QED) is 0.726. The van der Waals surface area contributed by atoms with Gasteiger partial charge in [-0.2, -0.15) is 13.2 Å². The van der Waals surface area contributed by atoms with Gasteiger partial charge in [-0.05, 0) is 19.8 Å². The maximum Gasteiger partial charge on any atom is 0.422 e. The Balaban J connectivity index is 3.08. The lowest BCUT2D eigenvalue weighted by Gasteiger charge is -2.36. The van der Waals surface area contributed by atoms with Gasteiger partial charge in [-0.3, -0.25) is 4.79 Å². The van der Waals surface area contributed by atoms with Crippen molar-refractivity contribution in [3.05, 3.63) is 0 Å². The first-order valence-corrected chi connectivity index (χ1v) is 4.29. The van der Waals surface area contributed by atoms with Crippen LogP contribution in [0.4, 0.5) is 13.2 Å². The second-order valence-electron chi connectivity index (χ2n) is 3.62. The number of alkyl halides is 3. The van der Waals surface area contributed by atoms with Gasteiger partial charge in [-0.1, -0.05) is 0 Å². The molecule has 0 saturated heterocycles. The fourth-order valence-electron chi connectivity index (χ4n) is 1.29. The Bertz CT molecular complexity index is 287. The first-order valence-electron chi connectivity index (χ1n) is 4.29. The van der Waals surface area contributed by atoms with Gasteiger partial charge in [0.2, 0.25) is 11.9 Å². The molecule has 1 aliphatic rings.